The van der Waals surface area contributed by atoms with Crippen molar-refractivity contribution in [2.24, 2.45) is 5.41 Å². The van der Waals surface area contributed by atoms with E-state index < -0.39 is 0 Å². The highest BCUT2D eigenvalue weighted by molar-refractivity contribution is 5.74. The largest absolute Gasteiger partial charge is 0.395 e. The summed E-state index contributed by atoms with van der Waals surface area (Å²) in [6.07, 6.45) is 0.906. The van der Waals surface area contributed by atoms with Gasteiger partial charge in [-0.25, -0.2) is 4.79 Å². The molecule has 0 spiro atoms. The lowest BCUT2D eigenvalue weighted by Crippen LogP contribution is -2.49. The van der Waals surface area contributed by atoms with Gasteiger partial charge in [0.2, 0.25) is 0 Å². The third-order valence-corrected chi connectivity index (χ3v) is 2.61. The maximum absolute atomic E-state index is 11.6. The highest BCUT2D eigenvalue weighted by Gasteiger charge is 2.25. The van der Waals surface area contributed by atoms with Crippen molar-refractivity contribution < 1.29 is 9.90 Å². The standard InChI is InChI=1S/C12H27N3O2/c1-12(2,3)10(6-8-15(4)5)14-11(17)13-7-9-16/h10,16H,6-9H2,1-5H3,(H2,13,14,17). The predicted molar refractivity (Wildman–Crippen MR) is 70.0 cm³/mol. The van der Waals surface area contributed by atoms with E-state index in [0.29, 0.717) is 0 Å². The molecule has 0 fully saturated rings. The fourth-order valence-electron chi connectivity index (χ4n) is 1.49. The van der Waals surface area contributed by atoms with Gasteiger partial charge in [0, 0.05) is 12.6 Å². The second kappa shape index (κ2) is 7.50. The molecule has 3 N–H and O–H groups in total. The first-order valence-electron chi connectivity index (χ1n) is 6.07. The van der Waals surface area contributed by atoms with Crippen LogP contribution in [0.1, 0.15) is 27.2 Å². The minimum absolute atomic E-state index is 0.0204. The molecule has 0 aromatic carbocycles. The number of hydrogen-bond donors (Lipinski definition) is 3. The zero-order valence-corrected chi connectivity index (χ0v) is 11.7. The summed E-state index contributed by atoms with van der Waals surface area (Å²) in [5, 5.41) is 14.2. The molecule has 0 saturated heterocycles. The van der Waals surface area contributed by atoms with Gasteiger partial charge in [0.25, 0.3) is 0 Å². The lowest BCUT2D eigenvalue weighted by atomic mass is 9.85. The van der Waals surface area contributed by atoms with Crippen molar-refractivity contribution in [1.29, 1.82) is 0 Å². The van der Waals surface area contributed by atoms with Crippen LogP contribution in [0.4, 0.5) is 4.79 Å². The van der Waals surface area contributed by atoms with Crippen molar-refractivity contribution in [2.45, 2.75) is 33.2 Å². The molecule has 0 rings (SSSR count). The zero-order chi connectivity index (χ0) is 13.5. The quantitative estimate of drug-likeness (QED) is 0.643. The third-order valence-electron chi connectivity index (χ3n) is 2.61. The van der Waals surface area contributed by atoms with Crippen LogP contribution in [0.15, 0.2) is 0 Å². The monoisotopic (exact) mass is 245 g/mol. The Morgan fingerprint density at radius 2 is 1.94 bits per heavy atom. The van der Waals surface area contributed by atoms with Crippen LogP contribution in [-0.2, 0) is 0 Å². The number of nitrogens with zero attached hydrogens (tertiary/aromatic N) is 1. The van der Waals surface area contributed by atoms with Gasteiger partial charge in [-0.15, -0.1) is 0 Å². The number of carbonyl (C=O) groups excluding carboxylic acids is 1. The fourth-order valence-corrected chi connectivity index (χ4v) is 1.49. The van der Waals surface area contributed by atoms with Crippen LogP contribution >= 0.6 is 0 Å². The molecule has 0 radical (unpaired) electrons. The van der Waals surface area contributed by atoms with Gasteiger partial charge in [-0.1, -0.05) is 20.8 Å². The number of rotatable bonds is 6. The summed E-state index contributed by atoms with van der Waals surface area (Å²) in [5.74, 6) is 0. The molecule has 5 heteroatoms. The van der Waals surface area contributed by atoms with Crippen molar-refractivity contribution in [1.82, 2.24) is 15.5 Å². The molecule has 17 heavy (non-hydrogen) atoms. The second-order valence-corrected chi connectivity index (χ2v) is 5.63. The Balaban J connectivity index is 4.24. The van der Waals surface area contributed by atoms with Crippen molar-refractivity contribution in [3.8, 4) is 0 Å². The molecular formula is C12H27N3O2. The number of carbonyl (C=O) groups is 1. The molecule has 2 amide bonds. The van der Waals surface area contributed by atoms with E-state index in [0.717, 1.165) is 13.0 Å². The first-order chi connectivity index (χ1) is 7.77. The minimum atomic E-state index is -0.210. The summed E-state index contributed by atoms with van der Waals surface area (Å²) in [7, 11) is 4.04. The molecule has 0 aromatic heterocycles. The van der Waals surface area contributed by atoms with Crippen molar-refractivity contribution in [2.75, 3.05) is 33.8 Å². The van der Waals surface area contributed by atoms with E-state index in [4.69, 9.17) is 5.11 Å². The number of aliphatic hydroxyl groups excluding tert-OH is 1. The third kappa shape index (κ3) is 7.99. The molecule has 102 valence electrons. The Morgan fingerprint density at radius 3 is 2.35 bits per heavy atom. The van der Waals surface area contributed by atoms with E-state index in [1.54, 1.807) is 0 Å². The summed E-state index contributed by atoms with van der Waals surface area (Å²) in [5.41, 5.74) is 0.0204. The van der Waals surface area contributed by atoms with Crippen LogP contribution in [0.2, 0.25) is 0 Å². The first kappa shape index (κ1) is 16.2. The number of hydrogen-bond acceptors (Lipinski definition) is 3. The van der Waals surface area contributed by atoms with Crippen molar-refractivity contribution in [3.05, 3.63) is 0 Å². The molecular weight excluding hydrogens is 218 g/mol. The topological polar surface area (TPSA) is 64.6 Å². The molecule has 0 aromatic rings. The van der Waals surface area contributed by atoms with Gasteiger partial charge < -0.3 is 20.6 Å². The summed E-state index contributed by atoms with van der Waals surface area (Å²) in [6, 6.07) is -0.0960. The second-order valence-electron chi connectivity index (χ2n) is 5.63. The molecule has 0 bridgehead atoms. The molecule has 0 aliphatic rings. The molecule has 0 saturated carbocycles. The fraction of sp³-hybridized carbons (Fsp3) is 0.917. The average molecular weight is 245 g/mol. The van der Waals surface area contributed by atoms with Crippen LogP contribution in [0.25, 0.3) is 0 Å². The van der Waals surface area contributed by atoms with Crippen LogP contribution in [0.5, 0.6) is 0 Å². The van der Waals surface area contributed by atoms with Gasteiger partial charge in [0.1, 0.15) is 0 Å². The maximum Gasteiger partial charge on any atom is 0.315 e. The number of aliphatic hydroxyl groups is 1. The summed E-state index contributed by atoms with van der Waals surface area (Å²) in [4.78, 5) is 13.7. The first-order valence-corrected chi connectivity index (χ1v) is 6.07. The van der Waals surface area contributed by atoms with Gasteiger partial charge in [-0.3, -0.25) is 0 Å². The highest BCUT2D eigenvalue weighted by Crippen LogP contribution is 2.21. The molecule has 1 atom stereocenters. The highest BCUT2D eigenvalue weighted by atomic mass is 16.3. The summed E-state index contributed by atoms with van der Waals surface area (Å²) >= 11 is 0. The van der Waals surface area contributed by atoms with Crippen LogP contribution < -0.4 is 10.6 Å². The smallest absolute Gasteiger partial charge is 0.315 e. The number of nitrogens with one attached hydrogen (secondary N) is 2. The van der Waals surface area contributed by atoms with E-state index in [1.165, 1.54) is 0 Å². The van der Waals surface area contributed by atoms with Crippen LogP contribution in [0.3, 0.4) is 0 Å². The minimum Gasteiger partial charge on any atom is -0.395 e. The predicted octanol–water partition coefficient (Wildman–Crippen LogP) is 0.644. The van der Waals surface area contributed by atoms with E-state index in [2.05, 4.69) is 36.3 Å². The SMILES string of the molecule is CN(C)CCC(NC(=O)NCCO)C(C)(C)C. The van der Waals surface area contributed by atoms with E-state index >= 15 is 0 Å². The van der Waals surface area contributed by atoms with Gasteiger partial charge >= 0.3 is 6.03 Å². The molecule has 5 nitrogen and oxygen atoms in total. The van der Waals surface area contributed by atoms with E-state index in [9.17, 15) is 4.79 Å². The summed E-state index contributed by atoms with van der Waals surface area (Å²) < 4.78 is 0. The molecule has 1 unspecified atom stereocenters. The Hall–Kier alpha value is -0.810. The lowest BCUT2D eigenvalue weighted by molar-refractivity contribution is 0.203. The normalized spacial score (nSPS) is 13.6. The summed E-state index contributed by atoms with van der Waals surface area (Å²) in [6.45, 7) is 7.52. The van der Waals surface area contributed by atoms with Crippen LogP contribution in [-0.4, -0.2) is 55.9 Å². The number of amides is 2. The van der Waals surface area contributed by atoms with Gasteiger partial charge in [-0.05, 0) is 32.5 Å². The van der Waals surface area contributed by atoms with Crippen molar-refractivity contribution >= 4 is 6.03 Å². The average Bonchev–Trinajstić information content (AvgIpc) is 2.19. The lowest BCUT2D eigenvalue weighted by Gasteiger charge is -2.32. The van der Waals surface area contributed by atoms with E-state index in [-0.39, 0.29) is 30.6 Å². The maximum atomic E-state index is 11.6. The van der Waals surface area contributed by atoms with Crippen LogP contribution in [0, 0.1) is 5.41 Å². The van der Waals surface area contributed by atoms with Gasteiger partial charge in [-0.2, -0.15) is 0 Å². The van der Waals surface area contributed by atoms with Gasteiger partial charge in [0.15, 0.2) is 0 Å². The molecule has 0 heterocycles. The van der Waals surface area contributed by atoms with E-state index in [1.807, 2.05) is 14.1 Å². The zero-order valence-electron chi connectivity index (χ0n) is 11.7. The Bertz CT molecular complexity index is 224. The number of urea groups is 1. The van der Waals surface area contributed by atoms with Crippen molar-refractivity contribution in [3.63, 3.8) is 0 Å². The Morgan fingerprint density at radius 1 is 1.35 bits per heavy atom. The Labute approximate surface area is 105 Å². The Kier molecular flexibility index (Phi) is 7.15. The van der Waals surface area contributed by atoms with Gasteiger partial charge in [0.05, 0.1) is 6.61 Å². The molecule has 0 aliphatic heterocycles. The molecule has 0 aliphatic carbocycles.